The van der Waals surface area contributed by atoms with Gasteiger partial charge in [0.1, 0.15) is 0 Å². The smallest absolute Gasteiger partial charge is 0.228 e. The Kier molecular flexibility index (Phi) is 4.96. The minimum atomic E-state index is -0.434. The molecule has 21 heavy (non-hydrogen) atoms. The van der Waals surface area contributed by atoms with Crippen molar-refractivity contribution in [3.8, 4) is 0 Å². The number of amides is 2. The fraction of sp³-hybridized carbons (Fsp3) is 0.500. The van der Waals surface area contributed by atoms with E-state index in [4.69, 9.17) is 5.73 Å². The molecule has 0 spiro atoms. The second-order valence-electron chi connectivity index (χ2n) is 5.96. The number of para-hydroxylation sites is 1. The number of hydrogen-bond acceptors (Lipinski definition) is 3. The van der Waals surface area contributed by atoms with Crippen molar-refractivity contribution in [1.29, 1.82) is 0 Å². The summed E-state index contributed by atoms with van der Waals surface area (Å²) in [5.74, 6) is -0.215. The Hall–Kier alpha value is -1.88. The van der Waals surface area contributed by atoms with Crippen LogP contribution in [0, 0.1) is 5.92 Å². The van der Waals surface area contributed by atoms with Gasteiger partial charge in [-0.05, 0) is 24.0 Å². The highest BCUT2D eigenvalue weighted by Crippen LogP contribution is 2.32. The van der Waals surface area contributed by atoms with Crippen molar-refractivity contribution in [2.45, 2.75) is 38.6 Å². The Bertz CT molecular complexity index is 528. The first kappa shape index (κ1) is 15.5. The second-order valence-corrected chi connectivity index (χ2v) is 5.96. The third kappa shape index (κ3) is 3.82. The number of nitrogens with two attached hydrogens (primary N) is 1. The molecule has 1 heterocycles. The molecule has 4 N–H and O–H groups in total. The minimum Gasteiger partial charge on any atom is -0.352 e. The van der Waals surface area contributed by atoms with Gasteiger partial charge in [0.2, 0.25) is 11.8 Å². The van der Waals surface area contributed by atoms with Crippen LogP contribution in [0.1, 0.15) is 38.2 Å². The van der Waals surface area contributed by atoms with Gasteiger partial charge in [0, 0.05) is 24.7 Å². The fourth-order valence-electron chi connectivity index (χ4n) is 2.73. The van der Waals surface area contributed by atoms with Crippen LogP contribution in [0.25, 0.3) is 0 Å². The van der Waals surface area contributed by atoms with Crippen LogP contribution in [0.4, 0.5) is 5.69 Å². The zero-order valence-electron chi connectivity index (χ0n) is 12.6. The Morgan fingerprint density at radius 3 is 2.81 bits per heavy atom. The average Bonchev–Trinajstić information content (AvgIpc) is 2.44. The topological polar surface area (TPSA) is 84.2 Å². The predicted molar refractivity (Wildman–Crippen MR) is 82.9 cm³/mol. The Morgan fingerprint density at radius 2 is 2.14 bits per heavy atom. The predicted octanol–water partition coefficient (Wildman–Crippen LogP) is 1.60. The van der Waals surface area contributed by atoms with Crippen molar-refractivity contribution in [2.75, 3.05) is 11.9 Å². The number of nitrogens with one attached hydrogen (secondary N) is 2. The summed E-state index contributed by atoms with van der Waals surface area (Å²) in [5, 5.41) is 5.79. The summed E-state index contributed by atoms with van der Waals surface area (Å²) in [4.78, 5) is 24.3. The summed E-state index contributed by atoms with van der Waals surface area (Å²) in [6, 6.07) is 7.39. The van der Waals surface area contributed by atoms with E-state index in [0.717, 1.165) is 17.7 Å². The normalized spacial score (nSPS) is 18.9. The highest BCUT2D eigenvalue weighted by Gasteiger charge is 2.31. The molecule has 0 aromatic heterocycles. The lowest BCUT2D eigenvalue weighted by Crippen LogP contribution is -2.44. The van der Waals surface area contributed by atoms with Crippen LogP contribution in [-0.2, 0) is 9.59 Å². The number of carbonyl (C=O) groups excluding carboxylic acids is 2. The highest BCUT2D eigenvalue weighted by molar-refractivity contribution is 6.01. The molecule has 5 nitrogen and oxygen atoms in total. The van der Waals surface area contributed by atoms with E-state index in [-0.39, 0.29) is 24.3 Å². The van der Waals surface area contributed by atoms with Crippen LogP contribution < -0.4 is 16.4 Å². The first-order chi connectivity index (χ1) is 10.0. The number of rotatable bonds is 5. The molecule has 1 aliphatic heterocycles. The van der Waals surface area contributed by atoms with E-state index >= 15 is 0 Å². The van der Waals surface area contributed by atoms with E-state index in [0.29, 0.717) is 12.5 Å². The summed E-state index contributed by atoms with van der Waals surface area (Å²) >= 11 is 0. The number of carbonyl (C=O) groups is 2. The standard InChI is InChI=1S/C16H23N3O2/c1-10(2)7-11(9-17)18-16(21)13-8-15(20)19-14-6-4-3-5-12(13)14/h3-6,10-11,13H,7-9,17H2,1-2H3,(H,18,21)(H,19,20). The van der Waals surface area contributed by atoms with Gasteiger partial charge in [0.05, 0.1) is 5.92 Å². The van der Waals surface area contributed by atoms with Crippen LogP contribution in [0.2, 0.25) is 0 Å². The van der Waals surface area contributed by atoms with Crippen molar-refractivity contribution >= 4 is 17.5 Å². The maximum Gasteiger partial charge on any atom is 0.228 e. The molecule has 0 fully saturated rings. The largest absolute Gasteiger partial charge is 0.352 e. The van der Waals surface area contributed by atoms with Crippen LogP contribution in [0.15, 0.2) is 24.3 Å². The van der Waals surface area contributed by atoms with Crippen molar-refractivity contribution in [1.82, 2.24) is 5.32 Å². The molecule has 2 amide bonds. The lowest BCUT2D eigenvalue weighted by molar-refractivity contribution is -0.126. The summed E-state index contributed by atoms with van der Waals surface area (Å²) in [5.41, 5.74) is 7.32. The van der Waals surface area contributed by atoms with Gasteiger partial charge >= 0.3 is 0 Å². The Labute approximate surface area is 125 Å². The lowest BCUT2D eigenvalue weighted by Gasteiger charge is -2.27. The molecule has 5 heteroatoms. The van der Waals surface area contributed by atoms with E-state index < -0.39 is 5.92 Å². The Morgan fingerprint density at radius 1 is 1.43 bits per heavy atom. The van der Waals surface area contributed by atoms with Crippen molar-refractivity contribution < 1.29 is 9.59 Å². The minimum absolute atomic E-state index is 0.0466. The van der Waals surface area contributed by atoms with Crippen molar-refractivity contribution in [3.63, 3.8) is 0 Å². The van der Waals surface area contributed by atoms with Gasteiger partial charge < -0.3 is 16.4 Å². The zero-order chi connectivity index (χ0) is 15.4. The molecule has 2 atom stereocenters. The maximum absolute atomic E-state index is 12.5. The molecule has 0 bridgehead atoms. The molecular formula is C16H23N3O2. The molecule has 0 radical (unpaired) electrons. The van der Waals surface area contributed by atoms with Crippen LogP contribution >= 0.6 is 0 Å². The van der Waals surface area contributed by atoms with Crippen molar-refractivity contribution in [3.05, 3.63) is 29.8 Å². The van der Waals surface area contributed by atoms with E-state index in [2.05, 4.69) is 24.5 Å². The van der Waals surface area contributed by atoms with Gasteiger partial charge in [-0.15, -0.1) is 0 Å². The molecule has 0 aliphatic carbocycles. The third-order valence-corrected chi connectivity index (χ3v) is 3.70. The molecule has 114 valence electrons. The van der Waals surface area contributed by atoms with Crippen molar-refractivity contribution in [2.24, 2.45) is 11.7 Å². The van der Waals surface area contributed by atoms with Gasteiger partial charge in [0.15, 0.2) is 0 Å². The number of fused-ring (bicyclic) bond motifs is 1. The number of benzene rings is 1. The quantitative estimate of drug-likeness (QED) is 0.770. The third-order valence-electron chi connectivity index (χ3n) is 3.70. The summed E-state index contributed by atoms with van der Waals surface area (Å²) in [6.45, 7) is 4.60. The summed E-state index contributed by atoms with van der Waals surface area (Å²) < 4.78 is 0. The van der Waals surface area contributed by atoms with E-state index in [1.165, 1.54) is 0 Å². The number of hydrogen-bond donors (Lipinski definition) is 3. The molecule has 2 unspecified atom stereocenters. The molecule has 1 aromatic rings. The molecule has 2 rings (SSSR count). The van der Waals surface area contributed by atoms with E-state index in [1.807, 2.05) is 24.3 Å². The van der Waals surface area contributed by atoms with Gasteiger partial charge in [-0.25, -0.2) is 0 Å². The van der Waals surface area contributed by atoms with Crippen LogP contribution in [0.3, 0.4) is 0 Å². The zero-order valence-corrected chi connectivity index (χ0v) is 12.6. The summed E-state index contributed by atoms with van der Waals surface area (Å²) in [6.07, 6.45) is 1.02. The van der Waals surface area contributed by atoms with Crippen LogP contribution in [0.5, 0.6) is 0 Å². The average molecular weight is 289 g/mol. The van der Waals surface area contributed by atoms with Gasteiger partial charge in [-0.2, -0.15) is 0 Å². The lowest BCUT2D eigenvalue weighted by atomic mass is 9.89. The van der Waals surface area contributed by atoms with E-state index in [1.54, 1.807) is 0 Å². The van der Waals surface area contributed by atoms with Gasteiger partial charge in [-0.1, -0.05) is 32.0 Å². The first-order valence-corrected chi connectivity index (χ1v) is 7.40. The highest BCUT2D eigenvalue weighted by atomic mass is 16.2. The monoisotopic (exact) mass is 289 g/mol. The first-order valence-electron chi connectivity index (χ1n) is 7.40. The van der Waals surface area contributed by atoms with Gasteiger partial charge in [-0.3, -0.25) is 9.59 Å². The SMILES string of the molecule is CC(C)CC(CN)NC(=O)C1CC(=O)Nc2ccccc21. The maximum atomic E-state index is 12.5. The fourth-order valence-corrected chi connectivity index (χ4v) is 2.73. The molecular weight excluding hydrogens is 266 g/mol. The molecule has 0 saturated carbocycles. The number of anilines is 1. The summed E-state index contributed by atoms with van der Waals surface area (Å²) in [7, 11) is 0. The molecule has 0 saturated heterocycles. The molecule has 1 aliphatic rings. The van der Waals surface area contributed by atoms with Gasteiger partial charge in [0.25, 0.3) is 0 Å². The Balaban J connectivity index is 2.14. The van der Waals surface area contributed by atoms with Crippen LogP contribution in [-0.4, -0.2) is 24.4 Å². The second kappa shape index (κ2) is 6.72. The van der Waals surface area contributed by atoms with E-state index in [9.17, 15) is 9.59 Å². The molecule has 1 aromatic carbocycles.